The van der Waals surface area contributed by atoms with Gasteiger partial charge in [-0.15, -0.1) is 0 Å². The Morgan fingerprint density at radius 3 is 1.10 bits per heavy atom. The number of aryl methyl sites for hydroxylation is 4. The Hall–Kier alpha value is -2.21. The summed E-state index contributed by atoms with van der Waals surface area (Å²) in [6, 6.07) is 22.9. The average molecular weight is 581 g/mol. The molecule has 3 aromatic rings. The summed E-state index contributed by atoms with van der Waals surface area (Å²) in [6.45, 7) is 33.9. The molecule has 0 heterocycles. The van der Waals surface area contributed by atoms with E-state index in [1.807, 2.05) is 0 Å². The molecule has 212 valence electrons. The first-order valence-electron chi connectivity index (χ1n) is 15.0. The van der Waals surface area contributed by atoms with Crippen molar-refractivity contribution in [2.24, 2.45) is 0 Å². The predicted octanol–water partition coefficient (Wildman–Crippen LogP) is 7.54. The fraction of sp³-hybridized carbons (Fsp3) is 0.405. The Morgan fingerprint density at radius 2 is 0.775 bits per heavy atom. The van der Waals surface area contributed by atoms with Crippen LogP contribution < -0.4 is 25.9 Å². The predicted molar refractivity (Wildman–Crippen MR) is 189 cm³/mol. The third-order valence-electron chi connectivity index (χ3n) is 9.62. The van der Waals surface area contributed by atoms with E-state index >= 15 is 0 Å². The minimum atomic E-state index is -2.70. The molecule has 0 bridgehead atoms. The largest absolute Gasteiger partial charge is 0.161 e. The van der Waals surface area contributed by atoms with Crippen LogP contribution in [0.15, 0.2) is 77.4 Å². The number of allylic oxidation sites excluding steroid dienone is 4. The van der Waals surface area contributed by atoms with Gasteiger partial charge >= 0.3 is 0 Å². The van der Waals surface area contributed by atoms with Crippen LogP contribution in [-0.4, -0.2) is 24.2 Å². The topological polar surface area (TPSA) is 0 Å². The fourth-order valence-electron chi connectivity index (χ4n) is 7.18. The van der Waals surface area contributed by atoms with Crippen molar-refractivity contribution >= 4 is 50.2 Å². The van der Waals surface area contributed by atoms with Crippen molar-refractivity contribution in [3.05, 3.63) is 99.6 Å². The first-order chi connectivity index (χ1) is 18.3. The molecule has 1 unspecified atom stereocenters. The summed E-state index contributed by atoms with van der Waals surface area (Å²) in [5.41, 5.74) is 9.98. The van der Waals surface area contributed by atoms with Gasteiger partial charge in [-0.2, -0.15) is 0 Å². The molecule has 1 aliphatic rings. The lowest BCUT2D eigenvalue weighted by Gasteiger charge is -2.48. The zero-order chi connectivity index (χ0) is 30.0. The van der Waals surface area contributed by atoms with Crippen LogP contribution in [-0.2, 0) is 0 Å². The van der Waals surface area contributed by atoms with E-state index in [1.165, 1.54) is 33.4 Å². The van der Waals surface area contributed by atoms with Crippen LogP contribution in [0.3, 0.4) is 0 Å². The van der Waals surface area contributed by atoms with E-state index in [0.29, 0.717) is 0 Å². The van der Waals surface area contributed by atoms with Gasteiger partial charge < -0.3 is 0 Å². The smallest absolute Gasteiger partial charge is 0.0730 e. The van der Waals surface area contributed by atoms with Crippen LogP contribution in [0.1, 0.15) is 49.9 Å². The van der Waals surface area contributed by atoms with Gasteiger partial charge in [-0.05, 0) is 69.6 Å². The number of hydrogen-bond donors (Lipinski definition) is 0. The lowest BCUT2D eigenvalue weighted by Crippen LogP contribution is -2.74. The molecule has 1 aliphatic carbocycles. The molecule has 1 atom stereocenters. The molecule has 0 aliphatic heterocycles. The SMILES string of the molecule is CC1=CC(C)([Si](c2cc(C)cc(C)c2)(c2cc(C)cc([Si](C)(C)C)c2)c2cc(C)cc([Si](C)(C)C)c2)C(C)=C1C. The van der Waals surface area contributed by atoms with Gasteiger partial charge in [0.25, 0.3) is 0 Å². The lowest BCUT2D eigenvalue weighted by atomic mass is 10.0. The molecule has 3 aromatic carbocycles. The summed E-state index contributed by atoms with van der Waals surface area (Å²) >= 11 is 0. The van der Waals surface area contributed by atoms with Crippen LogP contribution in [0.5, 0.6) is 0 Å². The molecule has 0 amide bonds. The number of benzene rings is 3. The van der Waals surface area contributed by atoms with E-state index in [9.17, 15) is 0 Å². The van der Waals surface area contributed by atoms with Gasteiger partial charge in [-0.25, -0.2) is 0 Å². The molecule has 0 saturated carbocycles. The Labute approximate surface area is 248 Å². The van der Waals surface area contributed by atoms with Crippen molar-refractivity contribution in [2.45, 2.75) is 99.7 Å². The maximum Gasteiger partial charge on any atom is 0.161 e. The van der Waals surface area contributed by atoms with E-state index in [1.54, 1.807) is 31.5 Å². The summed E-state index contributed by atoms with van der Waals surface area (Å²) < 4.78 is 0. The van der Waals surface area contributed by atoms with E-state index in [4.69, 9.17) is 0 Å². The maximum absolute atomic E-state index is 2.70. The Bertz CT molecular complexity index is 1450. The molecule has 3 heteroatoms. The van der Waals surface area contributed by atoms with Gasteiger partial charge in [0.1, 0.15) is 0 Å². The van der Waals surface area contributed by atoms with Gasteiger partial charge in [0, 0.05) is 5.04 Å². The summed E-state index contributed by atoms with van der Waals surface area (Å²) in [5.74, 6) is 0. The number of rotatable bonds is 6. The molecule has 0 radical (unpaired) electrons. The average Bonchev–Trinajstić information content (AvgIpc) is 3.00. The van der Waals surface area contributed by atoms with Crippen molar-refractivity contribution in [1.29, 1.82) is 0 Å². The van der Waals surface area contributed by atoms with Crippen LogP contribution in [0, 0.1) is 27.7 Å². The molecule has 0 saturated heterocycles. The standard InChI is InChI=1S/C37H52Si3/c1-25-15-26(2)19-34(18-25)40(37(8)24-29(5)30(6)31(37)7,35-20-27(3)16-32(22-35)38(9,10)11)36-21-28(4)17-33(23-36)39(12,13)14/h15-24H,1-14H3. The van der Waals surface area contributed by atoms with Crippen molar-refractivity contribution in [2.75, 3.05) is 0 Å². The lowest BCUT2D eigenvalue weighted by molar-refractivity contribution is 0.870. The van der Waals surface area contributed by atoms with Crippen LogP contribution in [0.25, 0.3) is 0 Å². The quantitative estimate of drug-likeness (QED) is 0.209. The molecule has 0 N–H and O–H groups in total. The minimum absolute atomic E-state index is 0.0869. The summed E-state index contributed by atoms with van der Waals surface area (Å²) in [5, 5.41) is 7.75. The van der Waals surface area contributed by atoms with E-state index in [-0.39, 0.29) is 5.04 Å². The molecule has 0 aromatic heterocycles. The van der Waals surface area contributed by atoms with Crippen molar-refractivity contribution in [1.82, 2.24) is 0 Å². The first-order valence-corrected chi connectivity index (χ1v) is 24.0. The highest BCUT2D eigenvalue weighted by molar-refractivity contribution is 7.14. The second-order valence-corrected chi connectivity index (χ2v) is 29.5. The third-order valence-corrected chi connectivity index (χ3v) is 19.2. The normalized spacial score (nSPS) is 18.4. The number of hydrogen-bond acceptors (Lipinski definition) is 0. The zero-order valence-electron chi connectivity index (χ0n) is 27.8. The monoisotopic (exact) mass is 580 g/mol. The Balaban J connectivity index is 2.35. The summed E-state index contributed by atoms with van der Waals surface area (Å²) in [4.78, 5) is 0. The molecule has 0 fully saturated rings. The highest BCUT2D eigenvalue weighted by Gasteiger charge is 2.56. The van der Waals surface area contributed by atoms with Crippen molar-refractivity contribution in [3.63, 3.8) is 0 Å². The first kappa shape index (κ1) is 30.7. The molecule has 0 nitrogen and oxygen atoms in total. The molecule has 40 heavy (non-hydrogen) atoms. The molecule has 4 rings (SSSR count). The highest BCUT2D eigenvalue weighted by atomic mass is 28.3. The molecular formula is C37H52Si3. The van der Waals surface area contributed by atoms with Crippen molar-refractivity contribution in [3.8, 4) is 0 Å². The summed E-state index contributed by atoms with van der Waals surface area (Å²) in [7, 11) is -5.81. The van der Waals surface area contributed by atoms with Gasteiger partial charge in [-0.3, -0.25) is 0 Å². The van der Waals surface area contributed by atoms with Gasteiger partial charge in [0.2, 0.25) is 0 Å². The van der Waals surface area contributed by atoms with Gasteiger partial charge in [0.15, 0.2) is 8.07 Å². The third kappa shape index (κ3) is 5.14. The molecular weight excluding hydrogens is 529 g/mol. The minimum Gasteiger partial charge on any atom is -0.0730 e. The van der Waals surface area contributed by atoms with E-state index in [0.717, 1.165) is 0 Å². The second kappa shape index (κ2) is 10.3. The Kier molecular flexibility index (Phi) is 7.88. The summed E-state index contributed by atoms with van der Waals surface area (Å²) in [6.07, 6.45) is 2.66. The van der Waals surface area contributed by atoms with E-state index < -0.39 is 24.2 Å². The Morgan fingerprint density at radius 1 is 0.450 bits per heavy atom. The van der Waals surface area contributed by atoms with Gasteiger partial charge in [-0.1, -0.05) is 151 Å². The van der Waals surface area contributed by atoms with E-state index in [2.05, 4.69) is 155 Å². The maximum atomic E-state index is 2.66. The molecule has 0 spiro atoms. The highest BCUT2D eigenvalue weighted by Crippen LogP contribution is 2.52. The van der Waals surface area contributed by atoms with Crippen LogP contribution in [0.4, 0.5) is 0 Å². The van der Waals surface area contributed by atoms with Crippen LogP contribution >= 0.6 is 0 Å². The van der Waals surface area contributed by atoms with Crippen molar-refractivity contribution < 1.29 is 0 Å². The zero-order valence-corrected chi connectivity index (χ0v) is 30.8. The second-order valence-electron chi connectivity index (χ2n) is 15.1. The fourth-order valence-corrected chi connectivity index (χ4v) is 16.5. The van der Waals surface area contributed by atoms with Gasteiger partial charge in [0.05, 0.1) is 16.1 Å². The van der Waals surface area contributed by atoms with Crippen LogP contribution in [0.2, 0.25) is 44.3 Å².